The molecular weight excluding hydrogens is 270 g/mol. The second-order valence-electron chi connectivity index (χ2n) is 6.26. The van der Waals surface area contributed by atoms with Gasteiger partial charge in [-0.3, -0.25) is 4.99 Å². The van der Waals surface area contributed by atoms with E-state index in [1.54, 1.807) is 0 Å². The Balaban J connectivity index is 1.78. The van der Waals surface area contributed by atoms with Crippen molar-refractivity contribution in [3.05, 3.63) is 65.2 Å². The molecule has 0 amide bonds. The maximum absolute atomic E-state index is 5.85. The Morgan fingerprint density at radius 2 is 1.91 bits per heavy atom. The molecule has 2 nitrogen and oxygen atoms in total. The SMILES string of the molecule is CC(C)COc1ccc2c(c1)CCN=C2Cc1ccccc1. The minimum Gasteiger partial charge on any atom is -0.493 e. The van der Waals surface area contributed by atoms with Crippen molar-refractivity contribution >= 4 is 5.71 Å². The van der Waals surface area contributed by atoms with E-state index >= 15 is 0 Å². The molecule has 0 aromatic heterocycles. The lowest BCUT2D eigenvalue weighted by Gasteiger charge is -2.19. The van der Waals surface area contributed by atoms with Gasteiger partial charge in [-0.2, -0.15) is 0 Å². The molecule has 3 rings (SSSR count). The number of hydrogen-bond donors (Lipinski definition) is 0. The Hall–Kier alpha value is -2.09. The monoisotopic (exact) mass is 293 g/mol. The summed E-state index contributed by atoms with van der Waals surface area (Å²) in [6, 6.07) is 17.0. The standard InChI is InChI=1S/C20H23NO/c1-15(2)14-22-18-8-9-19-17(13-18)10-11-21-20(19)12-16-6-4-3-5-7-16/h3-9,13,15H,10-12,14H2,1-2H3. The first-order chi connectivity index (χ1) is 10.7. The van der Waals surface area contributed by atoms with E-state index in [0.717, 1.165) is 31.7 Å². The van der Waals surface area contributed by atoms with Crippen molar-refractivity contribution in [2.24, 2.45) is 10.9 Å². The maximum atomic E-state index is 5.85. The number of fused-ring (bicyclic) bond motifs is 1. The second-order valence-corrected chi connectivity index (χ2v) is 6.26. The Kier molecular flexibility index (Phi) is 4.57. The molecule has 0 spiro atoms. The fourth-order valence-corrected chi connectivity index (χ4v) is 2.75. The number of rotatable bonds is 5. The summed E-state index contributed by atoms with van der Waals surface area (Å²) in [5, 5.41) is 0. The fraction of sp³-hybridized carbons (Fsp3) is 0.350. The van der Waals surface area contributed by atoms with Gasteiger partial charge in [0.2, 0.25) is 0 Å². The van der Waals surface area contributed by atoms with Crippen LogP contribution in [0.5, 0.6) is 5.75 Å². The molecule has 0 saturated heterocycles. The van der Waals surface area contributed by atoms with Gasteiger partial charge in [0.05, 0.1) is 6.61 Å². The van der Waals surface area contributed by atoms with Crippen molar-refractivity contribution in [2.75, 3.05) is 13.2 Å². The quantitative estimate of drug-likeness (QED) is 0.805. The highest BCUT2D eigenvalue weighted by molar-refractivity contribution is 6.03. The number of nitrogens with zero attached hydrogens (tertiary/aromatic N) is 1. The summed E-state index contributed by atoms with van der Waals surface area (Å²) in [6.45, 7) is 5.98. The highest BCUT2D eigenvalue weighted by atomic mass is 16.5. The molecule has 1 aliphatic heterocycles. The molecular formula is C20H23NO. The topological polar surface area (TPSA) is 21.6 Å². The summed E-state index contributed by atoms with van der Waals surface area (Å²) < 4.78 is 5.85. The van der Waals surface area contributed by atoms with Gasteiger partial charge >= 0.3 is 0 Å². The molecule has 114 valence electrons. The minimum atomic E-state index is 0.547. The molecule has 2 aromatic rings. The summed E-state index contributed by atoms with van der Waals surface area (Å²) in [6.07, 6.45) is 1.91. The van der Waals surface area contributed by atoms with Gasteiger partial charge in [0.15, 0.2) is 0 Å². The van der Waals surface area contributed by atoms with Gasteiger partial charge in [0.1, 0.15) is 5.75 Å². The predicted molar refractivity (Wildman–Crippen MR) is 92.0 cm³/mol. The number of hydrogen-bond acceptors (Lipinski definition) is 2. The first-order valence-electron chi connectivity index (χ1n) is 8.05. The number of benzene rings is 2. The average Bonchev–Trinajstić information content (AvgIpc) is 2.54. The molecule has 2 aromatic carbocycles. The predicted octanol–water partition coefficient (Wildman–Crippen LogP) is 4.31. The molecule has 1 aliphatic rings. The van der Waals surface area contributed by atoms with Crippen LogP contribution in [-0.2, 0) is 12.8 Å². The van der Waals surface area contributed by atoms with Crippen LogP contribution in [0.3, 0.4) is 0 Å². The first kappa shape index (κ1) is 14.8. The van der Waals surface area contributed by atoms with Gasteiger partial charge in [0, 0.05) is 18.7 Å². The van der Waals surface area contributed by atoms with Crippen LogP contribution in [0.1, 0.15) is 30.5 Å². The Morgan fingerprint density at radius 1 is 1.09 bits per heavy atom. The molecule has 0 unspecified atom stereocenters. The van der Waals surface area contributed by atoms with Gasteiger partial charge in [-0.25, -0.2) is 0 Å². The summed E-state index contributed by atoms with van der Waals surface area (Å²) in [5.41, 5.74) is 5.16. The third-order valence-corrected chi connectivity index (χ3v) is 3.87. The van der Waals surface area contributed by atoms with Crippen LogP contribution in [0.25, 0.3) is 0 Å². The van der Waals surface area contributed by atoms with Crippen LogP contribution in [0.4, 0.5) is 0 Å². The summed E-state index contributed by atoms with van der Waals surface area (Å²) in [5.74, 6) is 1.53. The van der Waals surface area contributed by atoms with E-state index in [-0.39, 0.29) is 0 Å². The lowest BCUT2D eigenvalue weighted by Crippen LogP contribution is -2.15. The van der Waals surface area contributed by atoms with Crippen LogP contribution in [0.15, 0.2) is 53.5 Å². The zero-order valence-electron chi connectivity index (χ0n) is 13.4. The summed E-state index contributed by atoms with van der Waals surface area (Å²) >= 11 is 0. The Labute approximate surface area is 132 Å². The summed E-state index contributed by atoms with van der Waals surface area (Å²) in [7, 11) is 0. The molecule has 0 N–H and O–H groups in total. The van der Waals surface area contributed by atoms with Crippen molar-refractivity contribution in [2.45, 2.75) is 26.7 Å². The molecule has 2 heteroatoms. The van der Waals surface area contributed by atoms with Crippen molar-refractivity contribution in [1.29, 1.82) is 0 Å². The van der Waals surface area contributed by atoms with Crippen LogP contribution in [0.2, 0.25) is 0 Å². The largest absolute Gasteiger partial charge is 0.493 e. The highest BCUT2D eigenvalue weighted by Crippen LogP contribution is 2.24. The van der Waals surface area contributed by atoms with Crippen LogP contribution in [-0.4, -0.2) is 18.9 Å². The zero-order valence-corrected chi connectivity index (χ0v) is 13.4. The third-order valence-electron chi connectivity index (χ3n) is 3.87. The van der Waals surface area contributed by atoms with Gasteiger partial charge in [-0.1, -0.05) is 44.2 Å². The highest BCUT2D eigenvalue weighted by Gasteiger charge is 2.15. The van der Waals surface area contributed by atoms with Crippen molar-refractivity contribution in [1.82, 2.24) is 0 Å². The van der Waals surface area contributed by atoms with E-state index in [2.05, 4.69) is 62.4 Å². The van der Waals surface area contributed by atoms with Crippen molar-refractivity contribution < 1.29 is 4.74 Å². The second kappa shape index (κ2) is 6.78. The molecule has 0 bridgehead atoms. The number of ether oxygens (including phenoxy) is 1. The van der Waals surface area contributed by atoms with Crippen LogP contribution in [0, 0.1) is 5.92 Å². The van der Waals surface area contributed by atoms with Crippen LogP contribution < -0.4 is 4.74 Å². The third kappa shape index (κ3) is 3.56. The lowest BCUT2D eigenvalue weighted by atomic mass is 9.93. The normalized spacial score (nSPS) is 13.7. The molecule has 0 aliphatic carbocycles. The Morgan fingerprint density at radius 3 is 2.68 bits per heavy atom. The average molecular weight is 293 g/mol. The molecule has 1 heterocycles. The number of aliphatic imine (C=N–C) groups is 1. The molecule has 22 heavy (non-hydrogen) atoms. The molecule has 0 saturated carbocycles. The summed E-state index contributed by atoms with van der Waals surface area (Å²) in [4.78, 5) is 4.75. The van der Waals surface area contributed by atoms with E-state index in [4.69, 9.17) is 9.73 Å². The Bertz CT molecular complexity index is 659. The minimum absolute atomic E-state index is 0.547. The van der Waals surface area contributed by atoms with E-state index in [1.165, 1.54) is 22.4 Å². The first-order valence-corrected chi connectivity index (χ1v) is 8.05. The van der Waals surface area contributed by atoms with E-state index in [0.29, 0.717) is 5.92 Å². The fourth-order valence-electron chi connectivity index (χ4n) is 2.75. The van der Waals surface area contributed by atoms with E-state index < -0.39 is 0 Å². The molecule has 0 atom stereocenters. The zero-order chi connectivity index (χ0) is 15.4. The van der Waals surface area contributed by atoms with Crippen LogP contribution >= 0.6 is 0 Å². The van der Waals surface area contributed by atoms with E-state index in [9.17, 15) is 0 Å². The van der Waals surface area contributed by atoms with Crippen molar-refractivity contribution in [3.63, 3.8) is 0 Å². The van der Waals surface area contributed by atoms with Gasteiger partial charge < -0.3 is 4.74 Å². The van der Waals surface area contributed by atoms with Gasteiger partial charge in [-0.05, 0) is 47.2 Å². The van der Waals surface area contributed by atoms with Gasteiger partial charge in [-0.15, -0.1) is 0 Å². The maximum Gasteiger partial charge on any atom is 0.119 e. The van der Waals surface area contributed by atoms with E-state index in [1.807, 2.05) is 0 Å². The lowest BCUT2D eigenvalue weighted by molar-refractivity contribution is 0.271. The molecule has 0 fully saturated rings. The van der Waals surface area contributed by atoms with Crippen molar-refractivity contribution in [3.8, 4) is 5.75 Å². The molecule has 0 radical (unpaired) electrons. The smallest absolute Gasteiger partial charge is 0.119 e. The van der Waals surface area contributed by atoms with Gasteiger partial charge in [0.25, 0.3) is 0 Å².